The SMILES string of the molecule is Cc1ccc(N)cc1SC1CC(=O)N(C2CCCC2)C1=O. The average Bonchev–Trinajstić information content (AvgIpc) is 3.03. The molecule has 1 aromatic carbocycles. The van der Waals surface area contributed by atoms with Crippen LogP contribution in [0.3, 0.4) is 0 Å². The Morgan fingerprint density at radius 3 is 2.67 bits per heavy atom. The number of nitrogens with zero attached hydrogens (tertiary/aromatic N) is 1. The summed E-state index contributed by atoms with van der Waals surface area (Å²) < 4.78 is 0. The number of anilines is 1. The van der Waals surface area contributed by atoms with Gasteiger partial charge in [-0.05, 0) is 37.5 Å². The third kappa shape index (κ3) is 2.79. The summed E-state index contributed by atoms with van der Waals surface area (Å²) in [4.78, 5) is 27.3. The highest BCUT2D eigenvalue weighted by molar-refractivity contribution is 8.00. The third-order valence-corrected chi connectivity index (χ3v) is 5.66. The van der Waals surface area contributed by atoms with Crippen molar-refractivity contribution in [2.45, 2.75) is 55.2 Å². The molecule has 2 aliphatic rings. The van der Waals surface area contributed by atoms with E-state index >= 15 is 0 Å². The summed E-state index contributed by atoms with van der Waals surface area (Å²) in [6, 6.07) is 5.83. The number of imide groups is 1. The lowest BCUT2D eigenvalue weighted by Gasteiger charge is -2.22. The zero-order valence-electron chi connectivity index (χ0n) is 12.2. The molecule has 0 bridgehead atoms. The van der Waals surface area contributed by atoms with E-state index in [4.69, 9.17) is 5.73 Å². The maximum Gasteiger partial charge on any atom is 0.243 e. The summed E-state index contributed by atoms with van der Waals surface area (Å²) in [6.45, 7) is 2.00. The van der Waals surface area contributed by atoms with E-state index in [1.165, 1.54) is 16.7 Å². The standard InChI is InChI=1S/C16H20N2O2S/c1-10-6-7-11(17)8-13(10)21-14-9-15(19)18(16(14)20)12-4-2-3-5-12/h6-8,12,14H,2-5,9,17H2,1H3. The predicted molar refractivity (Wildman–Crippen MR) is 84.0 cm³/mol. The second-order valence-electron chi connectivity index (χ2n) is 5.88. The Kier molecular flexibility index (Phi) is 3.93. The van der Waals surface area contributed by atoms with Crippen LogP contribution in [0.5, 0.6) is 0 Å². The minimum Gasteiger partial charge on any atom is -0.399 e. The fraction of sp³-hybridized carbons (Fsp3) is 0.500. The number of hydrogen-bond acceptors (Lipinski definition) is 4. The number of rotatable bonds is 3. The fourth-order valence-corrected chi connectivity index (χ4v) is 4.36. The topological polar surface area (TPSA) is 63.4 Å². The maximum atomic E-state index is 12.6. The van der Waals surface area contributed by atoms with Gasteiger partial charge >= 0.3 is 0 Å². The van der Waals surface area contributed by atoms with Crippen molar-refractivity contribution in [2.75, 3.05) is 5.73 Å². The molecule has 112 valence electrons. The van der Waals surface area contributed by atoms with Gasteiger partial charge in [-0.2, -0.15) is 0 Å². The van der Waals surface area contributed by atoms with E-state index < -0.39 is 0 Å². The van der Waals surface area contributed by atoms with Crippen LogP contribution in [0.25, 0.3) is 0 Å². The lowest BCUT2D eigenvalue weighted by atomic mass is 10.2. The second-order valence-corrected chi connectivity index (χ2v) is 7.12. The molecule has 0 radical (unpaired) electrons. The summed E-state index contributed by atoms with van der Waals surface area (Å²) in [5, 5.41) is -0.293. The van der Waals surface area contributed by atoms with Gasteiger partial charge in [0.05, 0.1) is 5.25 Å². The van der Waals surface area contributed by atoms with Crippen LogP contribution in [0.2, 0.25) is 0 Å². The number of amides is 2. The molecule has 5 heteroatoms. The van der Waals surface area contributed by atoms with Crippen molar-refractivity contribution in [1.29, 1.82) is 0 Å². The van der Waals surface area contributed by atoms with Gasteiger partial charge in [-0.3, -0.25) is 14.5 Å². The van der Waals surface area contributed by atoms with E-state index in [0.717, 1.165) is 36.1 Å². The molecule has 1 aromatic rings. The minimum atomic E-state index is -0.293. The van der Waals surface area contributed by atoms with Crippen LogP contribution in [0.4, 0.5) is 5.69 Å². The van der Waals surface area contributed by atoms with Gasteiger partial charge in [0.25, 0.3) is 0 Å². The third-order valence-electron chi connectivity index (χ3n) is 4.31. The number of carbonyl (C=O) groups is 2. The Morgan fingerprint density at radius 2 is 1.95 bits per heavy atom. The van der Waals surface area contributed by atoms with Gasteiger partial charge in [-0.25, -0.2) is 0 Å². The van der Waals surface area contributed by atoms with Crippen molar-refractivity contribution in [1.82, 2.24) is 4.90 Å². The number of hydrogen-bond donors (Lipinski definition) is 1. The first-order valence-electron chi connectivity index (χ1n) is 7.45. The van der Waals surface area contributed by atoms with Crippen LogP contribution in [0, 0.1) is 6.92 Å². The molecule has 0 spiro atoms. The zero-order valence-corrected chi connectivity index (χ0v) is 13.0. The van der Waals surface area contributed by atoms with E-state index in [0.29, 0.717) is 12.1 Å². The molecule has 1 saturated heterocycles. The van der Waals surface area contributed by atoms with E-state index in [1.807, 2.05) is 25.1 Å². The number of thioether (sulfide) groups is 1. The molecule has 3 rings (SSSR count). The first-order chi connectivity index (χ1) is 10.1. The van der Waals surface area contributed by atoms with Crippen LogP contribution >= 0.6 is 11.8 Å². The van der Waals surface area contributed by atoms with E-state index in [1.54, 1.807) is 0 Å². The monoisotopic (exact) mass is 304 g/mol. The Morgan fingerprint density at radius 1 is 1.24 bits per heavy atom. The molecule has 21 heavy (non-hydrogen) atoms. The van der Waals surface area contributed by atoms with Gasteiger partial charge in [0.2, 0.25) is 11.8 Å². The summed E-state index contributed by atoms with van der Waals surface area (Å²) in [5.74, 6) is -0.0234. The fourth-order valence-electron chi connectivity index (χ4n) is 3.16. The normalized spacial score (nSPS) is 23.3. The molecule has 2 fully saturated rings. The second kappa shape index (κ2) is 5.72. The van der Waals surface area contributed by atoms with Gasteiger partial charge in [0.15, 0.2) is 0 Å². The number of carbonyl (C=O) groups excluding carboxylic acids is 2. The first-order valence-corrected chi connectivity index (χ1v) is 8.33. The summed E-state index contributed by atoms with van der Waals surface area (Å²) in [7, 11) is 0. The molecule has 1 unspecified atom stereocenters. The lowest BCUT2D eigenvalue weighted by Crippen LogP contribution is -2.39. The van der Waals surface area contributed by atoms with E-state index in [2.05, 4.69) is 0 Å². The largest absolute Gasteiger partial charge is 0.399 e. The molecule has 2 amide bonds. The van der Waals surface area contributed by atoms with Crippen LogP contribution in [-0.4, -0.2) is 28.0 Å². The molecule has 1 aliphatic carbocycles. The molecule has 1 atom stereocenters. The molecule has 1 aliphatic heterocycles. The van der Waals surface area contributed by atoms with Gasteiger partial charge < -0.3 is 5.73 Å². The Labute approximate surface area is 129 Å². The van der Waals surface area contributed by atoms with Gasteiger partial charge in [0.1, 0.15) is 0 Å². The van der Waals surface area contributed by atoms with Crippen molar-refractivity contribution in [2.24, 2.45) is 0 Å². The molecule has 1 heterocycles. The highest BCUT2D eigenvalue weighted by Gasteiger charge is 2.43. The van der Waals surface area contributed by atoms with Gasteiger partial charge in [0, 0.05) is 23.0 Å². The molecular weight excluding hydrogens is 284 g/mol. The average molecular weight is 304 g/mol. The Bertz CT molecular complexity index is 582. The highest BCUT2D eigenvalue weighted by atomic mass is 32.2. The van der Waals surface area contributed by atoms with Crippen LogP contribution in [-0.2, 0) is 9.59 Å². The molecule has 0 aromatic heterocycles. The van der Waals surface area contributed by atoms with Gasteiger partial charge in [-0.15, -0.1) is 11.8 Å². The minimum absolute atomic E-state index is 0.00837. The highest BCUT2D eigenvalue weighted by Crippen LogP contribution is 2.37. The van der Waals surface area contributed by atoms with Crippen molar-refractivity contribution in [3.8, 4) is 0 Å². The molecule has 2 N–H and O–H groups in total. The predicted octanol–water partition coefficient (Wildman–Crippen LogP) is 2.74. The Hall–Kier alpha value is -1.49. The summed E-state index contributed by atoms with van der Waals surface area (Å²) in [5.41, 5.74) is 7.59. The van der Waals surface area contributed by atoms with Crippen LogP contribution in [0.15, 0.2) is 23.1 Å². The number of benzene rings is 1. The van der Waals surface area contributed by atoms with E-state index in [9.17, 15) is 9.59 Å². The molecule has 4 nitrogen and oxygen atoms in total. The Balaban J connectivity index is 1.76. The van der Waals surface area contributed by atoms with Crippen molar-refractivity contribution in [3.63, 3.8) is 0 Å². The summed E-state index contributed by atoms with van der Waals surface area (Å²) >= 11 is 1.47. The van der Waals surface area contributed by atoms with Crippen molar-refractivity contribution < 1.29 is 9.59 Å². The van der Waals surface area contributed by atoms with Crippen LogP contribution < -0.4 is 5.73 Å². The van der Waals surface area contributed by atoms with E-state index in [-0.39, 0.29) is 23.1 Å². The van der Waals surface area contributed by atoms with Gasteiger partial charge in [-0.1, -0.05) is 18.9 Å². The van der Waals surface area contributed by atoms with Crippen LogP contribution in [0.1, 0.15) is 37.7 Å². The number of likely N-dealkylation sites (tertiary alicyclic amines) is 1. The first kappa shape index (κ1) is 14.4. The summed E-state index contributed by atoms with van der Waals surface area (Å²) in [6.07, 6.45) is 4.48. The number of aryl methyl sites for hydroxylation is 1. The van der Waals surface area contributed by atoms with Crippen molar-refractivity contribution >= 4 is 29.3 Å². The quantitative estimate of drug-likeness (QED) is 0.689. The lowest BCUT2D eigenvalue weighted by molar-refractivity contribution is -0.140. The molecular formula is C16H20N2O2S. The maximum absolute atomic E-state index is 12.6. The number of nitrogens with two attached hydrogens (primary N) is 1. The smallest absolute Gasteiger partial charge is 0.243 e. The molecule has 1 saturated carbocycles. The zero-order chi connectivity index (χ0) is 15.0. The number of nitrogen functional groups attached to an aromatic ring is 1. The van der Waals surface area contributed by atoms with Crippen molar-refractivity contribution in [3.05, 3.63) is 23.8 Å².